The maximum atomic E-state index is 10.9. The van der Waals surface area contributed by atoms with Gasteiger partial charge in [0.1, 0.15) is 12.1 Å². The molecule has 0 rings (SSSR count). The van der Waals surface area contributed by atoms with Crippen LogP contribution in [0.4, 0.5) is 0 Å². The molecule has 0 bridgehead atoms. The summed E-state index contributed by atoms with van der Waals surface area (Å²) >= 11 is 0. The van der Waals surface area contributed by atoms with Gasteiger partial charge in [0.05, 0.1) is 0 Å². The van der Waals surface area contributed by atoms with Crippen molar-refractivity contribution in [1.82, 2.24) is 0 Å². The Morgan fingerprint density at radius 1 is 1.00 bits per heavy atom. The smallest absolute Gasteiger partial charge is 0.332 e. The van der Waals surface area contributed by atoms with Gasteiger partial charge in [-0.3, -0.25) is 0 Å². The van der Waals surface area contributed by atoms with Crippen molar-refractivity contribution in [1.29, 1.82) is 10.5 Å². The highest BCUT2D eigenvalue weighted by Crippen LogP contribution is 1.93. The third-order valence-electron chi connectivity index (χ3n) is 1.30. The fourth-order valence-corrected chi connectivity index (χ4v) is 0.616. The van der Waals surface area contributed by atoms with Gasteiger partial charge in [-0.2, -0.15) is 10.5 Å². The minimum atomic E-state index is -0.883. The molecule has 0 unspecified atom stereocenters. The van der Waals surface area contributed by atoms with E-state index in [0.717, 1.165) is 12.2 Å². The molecule has 0 aliphatic heterocycles. The molecule has 0 radical (unpaired) electrons. The number of hydrogen-bond donors (Lipinski definition) is 0. The Morgan fingerprint density at radius 2 is 1.31 bits per heavy atom. The van der Waals surface area contributed by atoms with Crippen LogP contribution in [0.3, 0.4) is 0 Å². The molecular weight excluding hydrogens is 212 g/mol. The molecule has 0 heterocycles. The Labute approximate surface area is 92.7 Å². The van der Waals surface area contributed by atoms with E-state index >= 15 is 0 Å². The van der Waals surface area contributed by atoms with Crippen molar-refractivity contribution in [2.45, 2.75) is 26.1 Å². The van der Waals surface area contributed by atoms with Gasteiger partial charge >= 0.3 is 11.9 Å². The summed E-state index contributed by atoms with van der Waals surface area (Å²) in [5.74, 6) is -1.65. The number of carbonyl (C=O) groups is 2. The minimum Gasteiger partial charge on any atom is -0.444 e. The number of esters is 2. The van der Waals surface area contributed by atoms with E-state index in [2.05, 4.69) is 9.47 Å². The first kappa shape index (κ1) is 13.7. The summed E-state index contributed by atoms with van der Waals surface area (Å²) in [4.78, 5) is 21.9. The predicted molar refractivity (Wildman–Crippen MR) is 51.5 cm³/mol. The largest absolute Gasteiger partial charge is 0.444 e. The van der Waals surface area contributed by atoms with Gasteiger partial charge in [0, 0.05) is 12.2 Å². The number of nitriles is 2. The van der Waals surface area contributed by atoms with E-state index in [1.54, 1.807) is 12.1 Å². The maximum absolute atomic E-state index is 10.9. The standard InChI is InChI=1S/C10H10N2O4/c1-7(5-11)15-9(13)3-4-10(14)16-8(2)6-12/h3-4,7-8H,1-2H3/b4-3+/t7-,8+. The van der Waals surface area contributed by atoms with Crippen LogP contribution < -0.4 is 0 Å². The number of rotatable bonds is 4. The highest BCUT2D eigenvalue weighted by atomic mass is 16.5. The van der Waals surface area contributed by atoms with Crippen molar-refractivity contribution in [2.24, 2.45) is 0 Å². The van der Waals surface area contributed by atoms with Crippen LogP contribution >= 0.6 is 0 Å². The van der Waals surface area contributed by atoms with Crippen molar-refractivity contribution >= 4 is 11.9 Å². The SMILES string of the molecule is C[C@H](C#N)OC(=O)/C=C/C(=O)O[C@@H](C)C#N. The Hall–Kier alpha value is -2.34. The summed E-state index contributed by atoms with van der Waals surface area (Å²) in [6.45, 7) is 2.78. The molecule has 0 saturated carbocycles. The highest BCUT2D eigenvalue weighted by molar-refractivity contribution is 5.91. The molecule has 0 saturated heterocycles. The van der Waals surface area contributed by atoms with Crippen molar-refractivity contribution in [3.05, 3.63) is 12.2 Å². The summed E-state index contributed by atoms with van der Waals surface area (Å²) in [5.41, 5.74) is 0. The van der Waals surface area contributed by atoms with Crippen LogP contribution in [0.15, 0.2) is 12.2 Å². The van der Waals surface area contributed by atoms with Crippen LogP contribution in [-0.4, -0.2) is 24.1 Å². The molecule has 84 valence electrons. The van der Waals surface area contributed by atoms with E-state index in [-0.39, 0.29) is 0 Å². The predicted octanol–water partition coefficient (Wildman–Crippen LogP) is 0.453. The fraction of sp³-hybridized carbons (Fsp3) is 0.400. The van der Waals surface area contributed by atoms with Crippen molar-refractivity contribution in [3.63, 3.8) is 0 Å². The Morgan fingerprint density at radius 3 is 1.56 bits per heavy atom. The van der Waals surface area contributed by atoms with Gasteiger partial charge in [-0.05, 0) is 13.8 Å². The first-order valence-corrected chi connectivity index (χ1v) is 4.38. The number of hydrogen-bond acceptors (Lipinski definition) is 6. The highest BCUT2D eigenvalue weighted by Gasteiger charge is 2.07. The molecule has 2 atom stereocenters. The second-order valence-electron chi connectivity index (χ2n) is 2.75. The maximum Gasteiger partial charge on any atom is 0.332 e. The average molecular weight is 222 g/mol. The van der Waals surface area contributed by atoms with Crippen LogP contribution in [-0.2, 0) is 19.1 Å². The molecular formula is C10H10N2O4. The van der Waals surface area contributed by atoms with Gasteiger partial charge in [-0.25, -0.2) is 9.59 Å². The van der Waals surface area contributed by atoms with Crippen molar-refractivity contribution in [3.8, 4) is 12.1 Å². The molecule has 16 heavy (non-hydrogen) atoms. The average Bonchev–Trinajstić information content (AvgIpc) is 2.26. The quantitative estimate of drug-likeness (QED) is 0.505. The molecule has 0 aliphatic rings. The Balaban J connectivity index is 4.10. The van der Waals surface area contributed by atoms with Crippen LogP contribution in [0.2, 0.25) is 0 Å². The monoisotopic (exact) mass is 222 g/mol. The summed E-state index contributed by atoms with van der Waals surface area (Å²) in [6.07, 6.45) is -0.0991. The van der Waals surface area contributed by atoms with Gasteiger partial charge in [0.15, 0.2) is 12.2 Å². The first-order chi connectivity index (χ1) is 7.49. The number of ether oxygens (including phenoxy) is 2. The molecule has 6 nitrogen and oxygen atoms in total. The molecule has 0 spiro atoms. The third kappa shape index (κ3) is 6.17. The van der Waals surface area contributed by atoms with E-state index in [9.17, 15) is 9.59 Å². The minimum absolute atomic E-state index is 0.824. The van der Waals surface area contributed by atoms with Crippen LogP contribution in [0, 0.1) is 22.7 Å². The summed E-state index contributed by atoms with van der Waals surface area (Å²) in [6, 6.07) is 3.38. The van der Waals surface area contributed by atoms with Crippen molar-refractivity contribution < 1.29 is 19.1 Å². The molecule has 0 fully saturated rings. The topological polar surface area (TPSA) is 100 Å². The van der Waals surface area contributed by atoms with E-state index in [0.29, 0.717) is 0 Å². The van der Waals surface area contributed by atoms with Crippen LogP contribution in [0.1, 0.15) is 13.8 Å². The fourth-order valence-electron chi connectivity index (χ4n) is 0.616. The van der Waals surface area contributed by atoms with Gasteiger partial charge in [0.25, 0.3) is 0 Å². The van der Waals surface area contributed by atoms with E-state index < -0.39 is 24.1 Å². The first-order valence-electron chi connectivity index (χ1n) is 4.38. The summed E-state index contributed by atoms with van der Waals surface area (Å²) in [7, 11) is 0. The summed E-state index contributed by atoms with van der Waals surface area (Å²) in [5, 5.41) is 16.7. The molecule has 0 aromatic heterocycles. The summed E-state index contributed by atoms with van der Waals surface area (Å²) < 4.78 is 9.04. The number of nitrogens with zero attached hydrogens (tertiary/aromatic N) is 2. The molecule has 0 aromatic carbocycles. The van der Waals surface area contributed by atoms with E-state index in [1.807, 2.05) is 0 Å². The molecule has 6 heteroatoms. The molecule has 0 amide bonds. The third-order valence-corrected chi connectivity index (χ3v) is 1.30. The van der Waals surface area contributed by atoms with Gasteiger partial charge < -0.3 is 9.47 Å². The normalized spacial score (nSPS) is 13.2. The lowest BCUT2D eigenvalue weighted by Gasteiger charge is -2.02. The molecule has 0 N–H and O–H groups in total. The van der Waals surface area contributed by atoms with Crippen LogP contribution in [0.5, 0.6) is 0 Å². The van der Waals surface area contributed by atoms with E-state index in [1.165, 1.54) is 13.8 Å². The zero-order valence-corrected chi connectivity index (χ0v) is 8.84. The van der Waals surface area contributed by atoms with E-state index in [4.69, 9.17) is 10.5 Å². The zero-order valence-electron chi connectivity index (χ0n) is 8.84. The lowest BCUT2D eigenvalue weighted by Crippen LogP contribution is -2.13. The second-order valence-corrected chi connectivity index (χ2v) is 2.75. The van der Waals surface area contributed by atoms with Crippen molar-refractivity contribution in [2.75, 3.05) is 0 Å². The molecule has 0 aliphatic carbocycles. The van der Waals surface area contributed by atoms with Gasteiger partial charge in [-0.15, -0.1) is 0 Å². The number of carbonyl (C=O) groups excluding carboxylic acids is 2. The lowest BCUT2D eigenvalue weighted by molar-refractivity contribution is -0.142. The zero-order chi connectivity index (χ0) is 12.6. The van der Waals surface area contributed by atoms with Gasteiger partial charge in [0.2, 0.25) is 0 Å². The lowest BCUT2D eigenvalue weighted by atomic mass is 10.4. The second kappa shape index (κ2) is 7.02. The Kier molecular flexibility index (Phi) is 5.99. The molecule has 0 aromatic rings. The van der Waals surface area contributed by atoms with Gasteiger partial charge in [-0.1, -0.05) is 0 Å². The van der Waals surface area contributed by atoms with Crippen LogP contribution in [0.25, 0.3) is 0 Å². The Bertz CT molecular complexity index is 339.